The first-order valence-electron chi connectivity index (χ1n) is 11.7. The Morgan fingerprint density at radius 3 is 2.41 bits per heavy atom. The van der Waals surface area contributed by atoms with Crippen molar-refractivity contribution >= 4 is 17.2 Å². The van der Waals surface area contributed by atoms with Crippen molar-refractivity contribution in [3.8, 4) is 28.3 Å². The second-order valence-corrected chi connectivity index (χ2v) is 8.76. The minimum atomic E-state index is -0.516. The number of nitrogens with zero attached hydrogens (tertiary/aromatic N) is 4. The molecule has 0 aliphatic rings. The number of aryl methyl sites for hydroxylation is 1. The Morgan fingerprint density at radius 1 is 1.00 bits per heavy atom. The molecule has 1 atom stereocenters. The molecule has 0 fully saturated rings. The molecule has 0 aliphatic carbocycles. The summed E-state index contributed by atoms with van der Waals surface area (Å²) < 4.78 is 15.7. The number of nitrogens with one attached hydrogen (secondary N) is 1. The van der Waals surface area contributed by atoms with E-state index in [2.05, 4.69) is 15.3 Å². The second kappa shape index (κ2) is 9.55. The number of rotatable bonds is 5. The first-order valence-corrected chi connectivity index (χ1v) is 11.7. The summed E-state index contributed by atoms with van der Waals surface area (Å²) in [5.74, 6) is -0.198. The molecule has 5 rings (SSSR count). The first-order chi connectivity index (χ1) is 17.9. The van der Waals surface area contributed by atoms with E-state index in [0.29, 0.717) is 22.2 Å². The number of hydrogen-bond donors (Lipinski definition) is 2. The van der Waals surface area contributed by atoms with Crippen LogP contribution >= 0.6 is 0 Å². The van der Waals surface area contributed by atoms with E-state index in [1.54, 1.807) is 6.07 Å². The molecule has 0 spiro atoms. The molecule has 0 saturated carbocycles. The molecule has 0 saturated heterocycles. The van der Waals surface area contributed by atoms with Gasteiger partial charge in [-0.25, -0.2) is 14.4 Å². The number of halogens is 1. The molecule has 0 radical (unpaired) electrons. The van der Waals surface area contributed by atoms with Crippen LogP contribution in [0.4, 0.5) is 16.0 Å². The molecule has 37 heavy (non-hydrogen) atoms. The van der Waals surface area contributed by atoms with Crippen LogP contribution < -0.4 is 16.6 Å². The minimum Gasteiger partial charge on any atom is -0.382 e. The average Bonchev–Trinajstić information content (AvgIpc) is 2.90. The van der Waals surface area contributed by atoms with Gasteiger partial charge in [-0.2, -0.15) is 5.26 Å². The summed E-state index contributed by atoms with van der Waals surface area (Å²) in [6.07, 6.45) is 2.49. The number of hydrogen-bond acceptors (Lipinski definition) is 6. The van der Waals surface area contributed by atoms with Crippen molar-refractivity contribution in [3.05, 3.63) is 112 Å². The highest BCUT2D eigenvalue weighted by atomic mass is 19.1. The monoisotopic (exact) mass is 490 g/mol. The van der Waals surface area contributed by atoms with Crippen molar-refractivity contribution < 1.29 is 4.39 Å². The van der Waals surface area contributed by atoms with Crippen LogP contribution in [0.15, 0.2) is 84.0 Å². The lowest BCUT2D eigenvalue weighted by Crippen LogP contribution is -2.23. The summed E-state index contributed by atoms with van der Waals surface area (Å²) in [6.45, 7) is 3.88. The number of anilines is 2. The van der Waals surface area contributed by atoms with E-state index in [9.17, 15) is 14.4 Å². The highest BCUT2D eigenvalue weighted by Crippen LogP contribution is 2.39. The van der Waals surface area contributed by atoms with Crippen LogP contribution in [0.3, 0.4) is 0 Å². The van der Waals surface area contributed by atoms with Gasteiger partial charge in [0.15, 0.2) is 0 Å². The first kappa shape index (κ1) is 23.7. The Kier molecular flexibility index (Phi) is 6.12. The van der Waals surface area contributed by atoms with Gasteiger partial charge in [-0.15, -0.1) is 0 Å². The SMILES string of the molecule is Cc1ccc(-c2c([C@H](C)Nc3ncnc(N)c3C#N)c(-c3ccccc3)c(=O)n3cc(F)ccc23)cc1. The quantitative estimate of drug-likeness (QED) is 0.337. The lowest BCUT2D eigenvalue weighted by Gasteiger charge is -2.24. The number of nitrogen functional groups attached to an aromatic ring is 1. The van der Waals surface area contributed by atoms with Gasteiger partial charge in [0.05, 0.1) is 17.1 Å². The zero-order chi connectivity index (χ0) is 26.1. The Bertz CT molecular complexity index is 1720. The molecule has 2 aromatic carbocycles. The highest BCUT2D eigenvalue weighted by molar-refractivity contribution is 5.89. The molecule has 0 unspecified atom stereocenters. The molecule has 0 bridgehead atoms. The van der Waals surface area contributed by atoms with Gasteiger partial charge in [-0.05, 0) is 42.7 Å². The summed E-state index contributed by atoms with van der Waals surface area (Å²) in [6, 6.07) is 21.7. The number of nitriles is 1. The molecule has 0 aliphatic heterocycles. The van der Waals surface area contributed by atoms with E-state index in [4.69, 9.17) is 5.73 Å². The Balaban J connectivity index is 1.88. The normalized spacial score (nSPS) is 11.7. The zero-order valence-electron chi connectivity index (χ0n) is 20.2. The van der Waals surface area contributed by atoms with Gasteiger partial charge in [-0.1, -0.05) is 60.2 Å². The predicted molar refractivity (Wildman–Crippen MR) is 142 cm³/mol. The van der Waals surface area contributed by atoms with Crippen molar-refractivity contribution in [2.45, 2.75) is 19.9 Å². The minimum absolute atomic E-state index is 0.0586. The van der Waals surface area contributed by atoms with Crippen LogP contribution in [0.2, 0.25) is 0 Å². The number of pyridine rings is 2. The van der Waals surface area contributed by atoms with E-state index in [1.807, 2.05) is 74.5 Å². The molecule has 8 heteroatoms. The van der Waals surface area contributed by atoms with Crippen LogP contribution in [0.1, 0.15) is 29.7 Å². The summed E-state index contributed by atoms with van der Waals surface area (Å²) >= 11 is 0. The fraction of sp³-hybridized carbons (Fsp3) is 0.103. The topological polar surface area (TPSA) is 109 Å². The van der Waals surface area contributed by atoms with Gasteiger partial charge >= 0.3 is 0 Å². The van der Waals surface area contributed by atoms with Crippen molar-refractivity contribution in [1.29, 1.82) is 5.26 Å². The number of aromatic nitrogens is 3. The van der Waals surface area contributed by atoms with Crippen molar-refractivity contribution in [3.63, 3.8) is 0 Å². The van der Waals surface area contributed by atoms with Gasteiger partial charge in [0.2, 0.25) is 0 Å². The third-order valence-corrected chi connectivity index (χ3v) is 6.32. The Hall–Kier alpha value is -5.03. The smallest absolute Gasteiger partial charge is 0.263 e. The number of fused-ring (bicyclic) bond motifs is 1. The summed E-state index contributed by atoms with van der Waals surface area (Å²) in [4.78, 5) is 22.1. The second-order valence-electron chi connectivity index (χ2n) is 8.76. The van der Waals surface area contributed by atoms with Gasteiger partial charge in [0.1, 0.15) is 35.4 Å². The molecule has 3 heterocycles. The van der Waals surface area contributed by atoms with E-state index in [0.717, 1.165) is 16.7 Å². The van der Waals surface area contributed by atoms with Gasteiger partial charge in [0.25, 0.3) is 5.56 Å². The third-order valence-electron chi connectivity index (χ3n) is 6.32. The van der Waals surface area contributed by atoms with E-state index >= 15 is 0 Å². The summed E-state index contributed by atoms with van der Waals surface area (Å²) in [5.41, 5.74) is 10.7. The molecule has 7 nitrogen and oxygen atoms in total. The molecule has 3 N–H and O–H groups in total. The molecule has 3 aromatic heterocycles. The van der Waals surface area contributed by atoms with Crippen molar-refractivity contribution in [2.75, 3.05) is 11.1 Å². The van der Waals surface area contributed by atoms with Crippen LogP contribution in [-0.2, 0) is 0 Å². The molecule has 5 aromatic rings. The maximum absolute atomic E-state index is 14.4. The Labute approximate surface area is 212 Å². The summed E-state index contributed by atoms with van der Waals surface area (Å²) in [5, 5.41) is 12.9. The lowest BCUT2D eigenvalue weighted by atomic mass is 9.88. The average molecular weight is 491 g/mol. The van der Waals surface area contributed by atoms with Crippen LogP contribution in [0, 0.1) is 24.1 Å². The third kappa shape index (κ3) is 4.28. The molecule has 182 valence electrons. The van der Waals surface area contributed by atoms with Crippen molar-refractivity contribution in [2.24, 2.45) is 0 Å². The summed E-state index contributed by atoms with van der Waals surface area (Å²) in [7, 11) is 0. The molecular formula is C29H23FN6O. The number of nitrogens with two attached hydrogens (primary N) is 1. The predicted octanol–water partition coefficient (Wildman–Crippen LogP) is 5.50. The van der Waals surface area contributed by atoms with Gasteiger partial charge in [0, 0.05) is 11.8 Å². The molecular weight excluding hydrogens is 467 g/mol. The van der Waals surface area contributed by atoms with Gasteiger partial charge < -0.3 is 11.1 Å². The Morgan fingerprint density at radius 2 is 1.70 bits per heavy atom. The highest BCUT2D eigenvalue weighted by Gasteiger charge is 2.25. The number of benzene rings is 2. The fourth-order valence-electron chi connectivity index (χ4n) is 4.58. The zero-order valence-corrected chi connectivity index (χ0v) is 20.2. The van der Waals surface area contributed by atoms with Crippen molar-refractivity contribution in [1.82, 2.24) is 14.4 Å². The maximum Gasteiger partial charge on any atom is 0.263 e. The van der Waals surface area contributed by atoms with Gasteiger partial charge in [-0.3, -0.25) is 9.20 Å². The lowest BCUT2D eigenvalue weighted by molar-refractivity contribution is 0.618. The van der Waals surface area contributed by atoms with E-state index in [-0.39, 0.29) is 22.8 Å². The van der Waals surface area contributed by atoms with Crippen LogP contribution in [0.5, 0.6) is 0 Å². The fourth-order valence-corrected chi connectivity index (χ4v) is 4.58. The van der Waals surface area contributed by atoms with E-state index < -0.39 is 11.9 Å². The maximum atomic E-state index is 14.4. The molecule has 0 amide bonds. The standard InChI is InChI=1S/C29H23FN6O/c1-17-8-10-20(11-9-17)25-23-13-12-21(30)15-36(23)29(37)26(19-6-4-3-5-7-19)24(25)18(2)35-28-22(14-31)27(32)33-16-34-28/h3-13,15-16,18H,1-2H3,(H3,32,33,34,35)/t18-/m0/s1. The van der Waals surface area contributed by atoms with E-state index in [1.165, 1.54) is 23.0 Å². The van der Waals surface area contributed by atoms with Crippen LogP contribution in [-0.4, -0.2) is 14.4 Å². The van der Waals surface area contributed by atoms with Crippen LogP contribution in [0.25, 0.3) is 27.8 Å². The largest absolute Gasteiger partial charge is 0.382 e.